The van der Waals surface area contributed by atoms with Crippen LogP contribution in [0.2, 0.25) is 0 Å². The van der Waals surface area contributed by atoms with E-state index in [2.05, 4.69) is 25.6 Å². The van der Waals surface area contributed by atoms with E-state index in [9.17, 15) is 19.5 Å². The molecule has 4 N–H and O–H groups in total. The van der Waals surface area contributed by atoms with E-state index in [1.54, 1.807) is 19.1 Å². The second-order valence-corrected chi connectivity index (χ2v) is 9.44. The summed E-state index contributed by atoms with van der Waals surface area (Å²) in [5.41, 5.74) is 4.34. The molecular formula is C30H28N6O5. The Morgan fingerprint density at radius 3 is 2.54 bits per heavy atom. The van der Waals surface area contributed by atoms with Crippen molar-refractivity contribution in [1.82, 2.24) is 24.8 Å². The molecule has 0 bridgehead atoms. The normalized spacial score (nSPS) is 11.6. The van der Waals surface area contributed by atoms with Crippen molar-refractivity contribution < 1.29 is 19.4 Å². The lowest BCUT2D eigenvalue weighted by atomic mass is 10.1. The molecule has 2 heterocycles. The lowest BCUT2D eigenvalue weighted by molar-refractivity contribution is -0.138. The molecule has 0 saturated heterocycles. The summed E-state index contributed by atoms with van der Waals surface area (Å²) in [7, 11) is 0. The summed E-state index contributed by atoms with van der Waals surface area (Å²) in [5, 5.41) is 15.0. The molecule has 208 valence electrons. The fourth-order valence-electron chi connectivity index (χ4n) is 4.36. The number of alkyl carbamates (subject to hydrolysis) is 1. The highest BCUT2D eigenvalue weighted by molar-refractivity contribution is 5.79. The highest BCUT2D eigenvalue weighted by Crippen LogP contribution is 2.22. The first-order valence-electron chi connectivity index (χ1n) is 12.9. The van der Waals surface area contributed by atoms with Gasteiger partial charge in [-0.3, -0.25) is 9.36 Å². The molecule has 0 saturated carbocycles. The van der Waals surface area contributed by atoms with E-state index in [4.69, 9.17) is 4.74 Å². The van der Waals surface area contributed by atoms with Crippen LogP contribution in [0.1, 0.15) is 29.3 Å². The van der Waals surface area contributed by atoms with Crippen molar-refractivity contribution in [2.45, 2.75) is 32.7 Å². The number of amides is 1. The number of nitrogens with zero attached hydrogens (tertiary/aromatic N) is 3. The number of fused-ring (bicyclic) bond motifs is 1. The number of nitrogens with one attached hydrogen (secondary N) is 3. The summed E-state index contributed by atoms with van der Waals surface area (Å²) in [5.74, 6) is -0.0974. The second-order valence-electron chi connectivity index (χ2n) is 9.44. The van der Waals surface area contributed by atoms with Crippen molar-refractivity contribution in [2.24, 2.45) is 0 Å². The minimum atomic E-state index is -1.20. The molecule has 5 rings (SSSR count). The van der Waals surface area contributed by atoms with E-state index in [0.717, 1.165) is 38.1 Å². The summed E-state index contributed by atoms with van der Waals surface area (Å²) >= 11 is 0. The van der Waals surface area contributed by atoms with Crippen LogP contribution in [0.25, 0.3) is 22.4 Å². The largest absolute Gasteiger partial charge is 0.481 e. The maximum atomic E-state index is 12.9. The predicted octanol–water partition coefficient (Wildman–Crippen LogP) is 4.61. The van der Waals surface area contributed by atoms with Gasteiger partial charge in [0, 0.05) is 23.9 Å². The Bertz CT molecular complexity index is 1710. The zero-order valence-corrected chi connectivity index (χ0v) is 22.2. The molecule has 5 aromatic rings. The zero-order valence-electron chi connectivity index (χ0n) is 22.2. The van der Waals surface area contributed by atoms with Gasteiger partial charge in [-0.25, -0.2) is 14.6 Å². The first-order chi connectivity index (χ1) is 19.9. The van der Waals surface area contributed by atoms with Crippen LogP contribution in [0.3, 0.4) is 0 Å². The first kappa shape index (κ1) is 27.1. The number of carbonyl (C=O) groups excluding carboxylic acids is 1. The number of aromatic amines is 1. The van der Waals surface area contributed by atoms with Crippen LogP contribution in [-0.4, -0.2) is 36.7 Å². The van der Waals surface area contributed by atoms with Crippen molar-refractivity contribution in [1.29, 1.82) is 0 Å². The van der Waals surface area contributed by atoms with Crippen LogP contribution >= 0.6 is 0 Å². The van der Waals surface area contributed by atoms with Gasteiger partial charge >= 0.3 is 17.8 Å². The molecule has 41 heavy (non-hydrogen) atoms. The fourth-order valence-corrected chi connectivity index (χ4v) is 4.36. The molecule has 3 aromatic carbocycles. The Morgan fingerprint density at radius 1 is 1.00 bits per heavy atom. The Morgan fingerprint density at radius 2 is 1.76 bits per heavy atom. The molecule has 1 amide bonds. The predicted molar refractivity (Wildman–Crippen MR) is 153 cm³/mol. The Labute approximate surface area is 234 Å². The third-order valence-electron chi connectivity index (χ3n) is 6.39. The topological polar surface area (TPSA) is 151 Å². The Hall–Kier alpha value is -5.45. The molecule has 1 atom stereocenters. The van der Waals surface area contributed by atoms with E-state index >= 15 is 0 Å². The smallest absolute Gasteiger partial charge is 0.409 e. The number of aromatic nitrogens is 4. The number of imidazole rings is 1. The van der Waals surface area contributed by atoms with E-state index < -0.39 is 30.3 Å². The van der Waals surface area contributed by atoms with Gasteiger partial charge in [0.25, 0.3) is 0 Å². The van der Waals surface area contributed by atoms with Gasteiger partial charge in [0.1, 0.15) is 24.4 Å². The summed E-state index contributed by atoms with van der Waals surface area (Å²) in [6, 6.07) is 24.7. The van der Waals surface area contributed by atoms with Crippen LogP contribution in [0.5, 0.6) is 0 Å². The van der Waals surface area contributed by atoms with Crippen LogP contribution in [0, 0.1) is 6.92 Å². The van der Waals surface area contributed by atoms with Gasteiger partial charge in [0.15, 0.2) is 0 Å². The highest BCUT2D eigenvalue weighted by atomic mass is 16.5. The van der Waals surface area contributed by atoms with Crippen molar-refractivity contribution >= 4 is 28.9 Å². The van der Waals surface area contributed by atoms with Crippen molar-refractivity contribution in [2.75, 3.05) is 5.32 Å². The quantitative estimate of drug-likeness (QED) is 0.196. The molecular weight excluding hydrogens is 524 g/mol. The number of hydrogen-bond donors (Lipinski definition) is 4. The maximum absolute atomic E-state index is 12.9. The third kappa shape index (κ3) is 6.77. The number of benzene rings is 3. The molecule has 1 unspecified atom stereocenters. The van der Waals surface area contributed by atoms with Crippen LogP contribution in [-0.2, 0) is 22.7 Å². The SMILES string of the molecule is Cc1cn(C(CC(=O)O)NC(=O)OCc2ccccc2)c(=O)nc1NCc1cccc(-c2nc3ccccc3[nH]2)c1. The molecule has 0 fully saturated rings. The molecule has 2 aromatic heterocycles. The molecule has 0 aliphatic heterocycles. The van der Waals surface area contributed by atoms with Gasteiger partial charge < -0.3 is 25.5 Å². The summed E-state index contributed by atoms with van der Waals surface area (Å²) < 4.78 is 6.29. The number of para-hydroxylation sites is 2. The van der Waals surface area contributed by atoms with Gasteiger partial charge in [-0.2, -0.15) is 4.98 Å². The average molecular weight is 553 g/mol. The van der Waals surface area contributed by atoms with Gasteiger partial charge in [0.05, 0.1) is 17.5 Å². The highest BCUT2D eigenvalue weighted by Gasteiger charge is 2.21. The number of hydrogen-bond acceptors (Lipinski definition) is 7. The summed E-state index contributed by atoms with van der Waals surface area (Å²) in [6.45, 7) is 2.12. The Kier molecular flexibility index (Phi) is 8.05. The number of aliphatic carboxylic acids is 1. The second kappa shape index (κ2) is 12.2. The lowest BCUT2D eigenvalue weighted by Gasteiger charge is -2.20. The van der Waals surface area contributed by atoms with Gasteiger partial charge in [-0.1, -0.05) is 60.7 Å². The molecule has 0 aliphatic carbocycles. The Balaban J connectivity index is 1.28. The van der Waals surface area contributed by atoms with Gasteiger partial charge in [-0.15, -0.1) is 0 Å². The number of carbonyl (C=O) groups is 2. The van der Waals surface area contributed by atoms with E-state index in [0.29, 0.717) is 17.9 Å². The van der Waals surface area contributed by atoms with Crippen LogP contribution in [0.15, 0.2) is 89.9 Å². The minimum Gasteiger partial charge on any atom is -0.481 e. The maximum Gasteiger partial charge on any atom is 0.409 e. The molecule has 11 nitrogen and oxygen atoms in total. The number of H-pyrrole nitrogens is 1. The third-order valence-corrected chi connectivity index (χ3v) is 6.39. The minimum absolute atomic E-state index is 0.000949. The number of ether oxygens (including phenoxy) is 1. The summed E-state index contributed by atoms with van der Waals surface area (Å²) in [6.07, 6.45) is -1.11. The zero-order chi connectivity index (χ0) is 28.8. The van der Waals surface area contributed by atoms with Gasteiger partial charge in [-0.05, 0) is 36.2 Å². The lowest BCUT2D eigenvalue weighted by Crippen LogP contribution is -2.40. The first-order valence-corrected chi connectivity index (χ1v) is 12.9. The summed E-state index contributed by atoms with van der Waals surface area (Å²) in [4.78, 5) is 48.9. The van der Waals surface area contributed by atoms with Crippen LogP contribution < -0.4 is 16.3 Å². The van der Waals surface area contributed by atoms with Crippen LogP contribution in [0.4, 0.5) is 10.6 Å². The average Bonchev–Trinajstić information content (AvgIpc) is 3.41. The monoisotopic (exact) mass is 552 g/mol. The number of aryl methyl sites for hydroxylation is 1. The van der Waals surface area contributed by atoms with E-state index in [1.807, 2.05) is 66.7 Å². The number of carboxylic acid groups (broad SMARTS) is 1. The van der Waals surface area contributed by atoms with Crippen molar-refractivity contribution in [3.63, 3.8) is 0 Å². The molecule has 0 aliphatic rings. The number of anilines is 1. The molecule has 0 radical (unpaired) electrons. The molecule has 11 heteroatoms. The molecule has 0 spiro atoms. The van der Waals surface area contributed by atoms with E-state index in [-0.39, 0.29) is 6.61 Å². The standard InChI is InChI=1S/C30H28N6O5/c1-19-17-36(25(15-26(37)38)34-30(40)41-18-20-8-3-2-4-9-20)29(39)35-27(19)31-16-21-10-7-11-22(14-21)28-32-23-12-5-6-13-24(23)33-28/h2-14,17,25H,15-16,18H2,1H3,(H,32,33)(H,34,40)(H,37,38)(H,31,35,39). The number of rotatable bonds is 10. The van der Waals surface area contributed by atoms with Crippen molar-refractivity contribution in [3.8, 4) is 11.4 Å². The van der Waals surface area contributed by atoms with E-state index in [1.165, 1.54) is 6.20 Å². The number of carboxylic acids is 1. The fraction of sp³-hybridized carbons (Fsp3) is 0.167. The van der Waals surface area contributed by atoms with Crippen molar-refractivity contribution in [3.05, 3.63) is 112 Å². The van der Waals surface area contributed by atoms with Gasteiger partial charge in [0.2, 0.25) is 0 Å².